The lowest BCUT2D eigenvalue weighted by atomic mass is 10.1. The van der Waals surface area contributed by atoms with Gasteiger partial charge in [-0.1, -0.05) is 24.3 Å². The van der Waals surface area contributed by atoms with Crippen LogP contribution in [0.2, 0.25) is 0 Å². The highest BCUT2D eigenvalue weighted by Crippen LogP contribution is 2.17. The summed E-state index contributed by atoms with van der Waals surface area (Å²) in [4.78, 5) is 0. The maximum absolute atomic E-state index is 12.2. The van der Waals surface area contributed by atoms with Gasteiger partial charge in [0, 0.05) is 5.56 Å². The molecule has 1 aromatic rings. The van der Waals surface area contributed by atoms with E-state index in [-0.39, 0.29) is 5.56 Å². The molecule has 0 amide bonds. The molecule has 0 bridgehead atoms. The van der Waals surface area contributed by atoms with Crippen molar-refractivity contribution >= 4 is 0 Å². The summed E-state index contributed by atoms with van der Waals surface area (Å²) in [6, 6.07) is 6.56. The van der Waals surface area contributed by atoms with Crippen molar-refractivity contribution in [2.24, 2.45) is 0 Å². The first kappa shape index (κ1) is 7.22. The lowest BCUT2D eigenvalue weighted by Gasteiger charge is -2.03. The van der Waals surface area contributed by atoms with Crippen molar-refractivity contribution in [2.45, 2.75) is 6.36 Å². The van der Waals surface area contributed by atoms with Crippen LogP contribution in [0.1, 0.15) is 17.5 Å². The Hall–Kier alpha value is -0.890. The van der Waals surface area contributed by atoms with E-state index in [0.717, 1.165) is 0 Å². The van der Waals surface area contributed by atoms with Gasteiger partial charge in [0.2, 0.25) is 6.36 Å². The van der Waals surface area contributed by atoms with E-state index in [2.05, 4.69) is 6.92 Å². The van der Waals surface area contributed by atoms with Crippen molar-refractivity contribution in [2.75, 3.05) is 0 Å². The van der Waals surface area contributed by atoms with Crippen LogP contribution in [0.15, 0.2) is 24.3 Å². The number of alkyl halides is 1. The first-order chi connectivity index (χ1) is 4.72. The van der Waals surface area contributed by atoms with Crippen molar-refractivity contribution in [3.8, 4) is 0 Å². The van der Waals surface area contributed by atoms with Crippen molar-refractivity contribution in [1.29, 1.82) is 0 Å². The Bertz CT molecular complexity index is 220. The van der Waals surface area contributed by atoms with Crippen LogP contribution in [0.3, 0.4) is 0 Å². The van der Waals surface area contributed by atoms with Gasteiger partial charge in [-0.25, -0.2) is 4.39 Å². The van der Waals surface area contributed by atoms with Crippen LogP contribution < -0.4 is 0 Å². The molecule has 1 atom stereocenters. The molecule has 10 heavy (non-hydrogen) atoms. The average molecular weight is 139 g/mol. The van der Waals surface area contributed by atoms with Gasteiger partial charge in [0.1, 0.15) is 0 Å². The number of rotatable bonds is 1. The SMILES string of the molecule is [CH2]c1ccccc1C(O)F. The van der Waals surface area contributed by atoms with Gasteiger partial charge in [0.15, 0.2) is 0 Å². The average Bonchev–Trinajstić information content (AvgIpc) is 1.88. The van der Waals surface area contributed by atoms with Crippen LogP contribution in [0.4, 0.5) is 4.39 Å². The Kier molecular flexibility index (Phi) is 2.02. The normalized spacial score (nSPS) is 13.1. The maximum Gasteiger partial charge on any atom is 0.222 e. The summed E-state index contributed by atoms with van der Waals surface area (Å²) in [5.41, 5.74) is 0.764. The summed E-state index contributed by atoms with van der Waals surface area (Å²) in [6.07, 6.45) is -1.91. The lowest BCUT2D eigenvalue weighted by Crippen LogP contribution is -1.91. The van der Waals surface area contributed by atoms with Crippen molar-refractivity contribution < 1.29 is 9.50 Å². The molecule has 0 heterocycles. The second-order valence-corrected chi connectivity index (χ2v) is 2.03. The van der Waals surface area contributed by atoms with Crippen LogP contribution in [0.25, 0.3) is 0 Å². The number of benzene rings is 1. The fourth-order valence-electron chi connectivity index (χ4n) is 0.767. The van der Waals surface area contributed by atoms with Crippen LogP contribution in [0.5, 0.6) is 0 Å². The summed E-state index contributed by atoms with van der Waals surface area (Å²) in [6.45, 7) is 3.54. The quantitative estimate of drug-likeness (QED) is 0.629. The third kappa shape index (κ3) is 1.33. The standard InChI is InChI=1S/C8H8FO/c1-6-4-2-3-5-7(6)8(9)10/h2-5,8,10H,1H2. The minimum absolute atomic E-state index is 0.238. The van der Waals surface area contributed by atoms with Gasteiger partial charge in [-0.05, 0) is 12.5 Å². The van der Waals surface area contributed by atoms with Crippen LogP contribution in [-0.4, -0.2) is 5.11 Å². The minimum Gasteiger partial charge on any atom is -0.360 e. The van der Waals surface area contributed by atoms with E-state index >= 15 is 0 Å². The Balaban J connectivity index is 3.03. The molecule has 0 saturated heterocycles. The summed E-state index contributed by atoms with van der Waals surface area (Å²) in [5, 5.41) is 8.50. The molecule has 0 saturated carbocycles. The number of halogens is 1. The third-order valence-electron chi connectivity index (χ3n) is 1.31. The molecule has 1 nitrogen and oxygen atoms in total. The van der Waals surface area contributed by atoms with Gasteiger partial charge in [-0.15, -0.1) is 0 Å². The van der Waals surface area contributed by atoms with E-state index in [0.29, 0.717) is 5.56 Å². The second kappa shape index (κ2) is 2.80. The zero-order chi connectivity index (χ0) is 7.56. The van der Waals surface area contributed by atoms with E-state index in [4.69, 9.17) is 5.11 Å². The molecule has 1 radical (unpaired) electrons. The Labute approximate surface area is 59.1 Å². The second-order valence-electron chi connectivity index (χ2n) is 2.03. The summed E-state index contributed by atoms with van der Waals surface area (Å²) in [7, 11) is 0. The first-order valence-corrected chi connectivity index (χ1v) is 2.95. The van der Waals surface area contributed by atoms with Gasteiger partial charge >= 0.3 is 0 Å². The van der Waals surface area contributed by atoms with Gasteiger partial charge in [-0.3, -0.25) is 0 Å². The number of hydrogen-bond acceptors (Lipinski definition) is 1. The van der Waals surface area contributed by atoms with Gasteiger partial charge < -0.3 is 5.11 Å². The highest BCUT2D eigenvalue weighted by molar-refractivity contribution is 5.29. The molecule has 0 aliphatic heterocycles. The third-order valence-corrected chi connectivity index (χ3v) is 1.31. The Morgan fingerprint density at radius 3 is 2.40 bits per heavy atom. The molecule has 1 rings (SSSR count). The Morgan fingerprint density at radius 1 is 1.40 bits per heavy atom. The van der Waals surface area contributed by atoms with E-state index in [1.165, 1.54) is 6.07 Å². The van der Waals surface area contributed by atoms with Gasteiger partial charge in [-0.2, -0.15) is 0 Å². The molecule has 1 unspecified atom stereocenters. The Morgan fingerprint density at radius 2 is 2.00 bits per heavy atom. The minimum atomic E-state index is -1.91. The van der Waals surface area contributed by atoms with Crippen molar-refractivity contribution in [3.05, 3.63) is 42.3 Å². The first-order valence-electron chi connectivity index (χ1n) is 2.95. The maximum atomic E-state index is 12.2. The zero-order valence-electron chi connectivity index (χ0n) is 5.42. The van der Waals surface area contributed by atoms with Gasteiger partial charge in [0.05, 0.1) is 0 Å². The van der Waals surface area contributed by atoms with Crippen LogP contribution >= 0.6 is 0 Å². The van der Waals surface area contributed by atoms with E-state index in [1.54, 1.807) is 18.2 Å². The summed E-state index contributed by atoms with van der Waals surface area (Å²) < 4.78 is 12.2. The summed E-state index contributed by atoms with van der Waals surface area (Å²) >= 11 is 0. The smallest absolute Gasteiger partial charge is 0.222 e. The fraction of sp³-hybridized carbons (Fsp3) is 0.125. The van der Waals surface area contributed by atoms with E-state index < -0.39 is 6.36 Å². The predicted molar refractivity (Wildman–Crippen MR) is 37.0 cm³/mol. The lowest BCUT2D eigenvalue weighted by molar-refractivity contribution is 0.0408. The van der Waals surface area contributed by atoms with Crippen molar-refractivity contribution in [3.63, 3.8) is 0 Å². The monoisotopic (exact) mass is 139 g/mol. The molecule has 2 heteroatoms. The van der Waals surface area contributed by atoms with Crippen molar-refractivity contribution in [1.82, 2.24) is 0 Å². The van der Waals surface area contributed by atoms with E-state index in [9.17, 15) is 4.39 Å². The molecular weight excluding hydrogens is 131 g/mol. The molecular formula is C8H8FO. The molecule has 1 aromatic carbocycles. The molecule has 1 N–H and O–H groups in total. The van der Waals surface area contributed by atoms with E-state index in [1.807, 2.05) is 0 Å². The molecule has 0 fully saturated rings. The largest absolute Gasteiger partial charge is 0.360 e. The molecule has 0 spiro atoms. The topological polar surface area (TPSA) is 20.2 Å². The zero-order valence-corrected chi connectivity index (χ0v) is 5.42. The number of hydrogen-bond donors (Lipinski definition) is 1. The highest BCUT2D eigenvalue weighted by Gasteiger charge is 2.05. The molecule has 0 aromatic heterocycles. The number of aliphatic hydroxyl groups excluding tert-OH is 1. The van der Waals surface area contributed by atoms with Crippen LogP contribution in [0, 0.1) is 6.92 Å². The molecule has 0 aliphatic carbocycles. The van der Waals surface area contributed by atoms with Gasteiger partial charge in [0.25, 0.3) is 0 Å². The van der Waals surface area contributed by atoms with Crippen LogP contribution in [-0.2, 0) is 0 Å². The summed E-state index contributed by atoms with van der Waals surface area (Å²) in [5.74, 6) is 0. The predicted octanol–water partition coefficient (Wildman–Crippen LogP) is 1.83. The number of aliphatic hydroxyl groups is 1. The fourth-order valence-corrected chi connectivity index (χ4v) is 0.767. The molecule has 53 valence electrons. The highest BCUT2D eigenvalue weighted by atomic mass is 19.1. The molecule has 0 aliphatic rings.